The molecule has 0 unspecified atom stereocenters. The number of nitriles is 1. The Bertz CT molecular complexity index is 1060. The van der Waals surface area contributed by atoms with Crippen LogP contribution in [0.3, 0.4) is 0 Å². The van der Waals surface area contributed by atoms with Gasteiger partial charge in [0.15, 0.2) is 0 Å². The largest absolute Gasteiger partial charge is 0.497 e. The maximum absolute atomic E-state index is 12.6. The molecule has 0 bridgehead atoms. The van der Waals surface area contributed by atoms with Crippen LogP contribution in [0.1, 0.15) is 15.9 Å². The molecular weight excluding hydrogens is 395 g/mol. The summed E-state index contributed by atoms with van der Waals surface area (Å²) in [6.07, 6.45) is -2.04. The molecule has 2 rings (SSSR count). The molecule has 1 heterocycles. The lowest BCUT2D eigenvalue weighted by atomic mass is 10.1. The van der Waals surface area contributed by atoms with Crippen LogP contribution in [-0.2, 0) is 15.9 Å². The van der Waals surface area contributed by atoms with E-state index in [0.29, 0.717) is 11.9 Å². The minimum Gasteiger partial charge on any atom is -0.497 e. The number of ether oxygens (including phenoxy) is 1. The molecule has 28 heavy (non-hydrogen) atoms. The highest BCUT2D eigenvalue weighted by atomic mass is 32.2. The molecule has 0 radical (unpaired) electrons. The van der Waals surface area contributed by atoms with Gasteiger partial charge in [-0.05, 0) is 36.4 Å². The quantitative estimate of drug-likeness (QED) is 0.425. The zero-order valence-electron chi connectivity index (χ0n) is 14.7. The van der Waals surface area contributed by atoms with Gasteiger partial charge in [0, 0.05) is 18.0 Å². The molecule has 0 spiro atoms. The Balaban J connectivity index is 2.34. The van der Waals surface area contributed by atoms with Gasteiger partial charge in [0.2, 0.25) is 5.78 Å². The van der Waals surface area contributed by atoms with E-state index in [1.807, 2.05) is 0 Å². The fraction of sp³-hybridized carbons (Fsp3) is 0.167. The number of halogens is 3. The number of benzene rings is 1. The highest BCUT2D eigenvalue weighted by Gasteiger charge is 2.31. The summed E-state index contributed by atoms with van der Waals surface area (Å²) in [6, 6.07) is 9.33. The second-order valence-corrected chi connectivity index (χ2v) is 7.74. The van der Waals surface area contributed by atoms with E-state index in [9.17, 15) is 27.4 Å². The first-order valence-corrected chi connectivity index (χ1v) is 9.54. The molecule has 0 aliphatic rings. The molecule has 0 aliphatic heterocycles. The fourth-order valence-electron chi connectivity index (χ4n) is 2.02. The van der Waals surface area contributed by atoms with Crippen molar-refractivity contribution in [3.05, 3.63) is 65.5 Å². The predicted molar refractivity (Wildman–Crippen MR) is 95.0 cm³/mol. The smallest absolute Gasteiger partial charge is 0.417 e. The van der Waals surface area contributed by atoms with E-state index in [1.54, 1.807) is 6.07 Å². The van der Waals surface area contributed by atoms with Gasteiger partial charge in [-0.2, -0.15) is 18.4 Å². The van der Waals surface area contributed by atoms with Gasteiger partial charge in [0.05, 0.1) is 28.6 Å². The minimum absolute atomic E-state index is 0.194. The van der Waals surface area contributed by atoms with E-state index in [4.69, 9.17) is 4.74 Å². The van der Waals surface area contributed by atoms with Crippen LogP contribution in [0, 0.1) is 11.3 Å². The number of nitrogens with zero attached hydrogens (tertiary/aromatic N) is 3. The van der Waals surface area contributed by atoms with Gasteiger partial charge in [-0.1, -0.05) is 0 Å². The number of methoxy groups -OCH3 is 1. The summed E-state index contributed by atoms with van der Waals surface area (Å²) in [4.78, 5) is 15.9. The molecule has 0 amide bonds. The van der Waals surface area contributed by atoms with Crippen molar-refractivity contribution >= 4 is 15.5 Å². The first-order chi connectivity index (χ1) is 13.1. The molecule has 146 valence electrons. The van der Waals surface area contributed by atoms with Gasteiger partial charge in [0.1, 0.15) is 22.4 Å². The third kappa shape index (κ3) is 4.95. The Morgan fingerprint density at radius 2 is 1.89 bits per heavy atom. The van der Waals surface area contributed by atoms with Gasteiger partial charge in [-0.25, -0.2) is 13.6 Å². The van der Waals surface area contributed by atoms with Gasteiger partial charge in [-0.3, -0.25) is 4.79 Å². The minimum atomic E-state index is -4.57. The van der Waals surface area contributed by atoms with Crippen molar-refractivity contribution < 1.29 is 26.9 Å². The molecule has 0 fully saturated rings. The van der Waals surface area contributed by atoms with Crippen molar-refractivity contribution in [1.82, 2.24) is 4.98 Å². The van der Waals surface area contributed by atoms with Crippen molar-refractivity contribution in [2.45, 2.75) is 11.2 Å². The highest BCUT2D eigenvalue weighted by Crippen LogP contribution is 2.29. The van der Waals surface area contributed by atoms with E-state index < -0.39 is 27.3 Å². The number of rotatable bonds is 5. The van der Waals surface area contributed by atoms with Crippen LogP contribution >= 0.6 is 0 Å². The summed E-state index contributed by atoms with van der Waals surface area (Å²) in [5, 5.41) is 8.99. The Hall–Kier alpha value is -3.19. The molecule has 1 atom stereocenters. The molecule has 0 aliphatic carbocycles. The van der Waals surface area contributed by atoms with E-state index in [1.165, 1.54) is 31.4 Å². The first kappa shape index (κ1) is 21.1. The molecule has 1 aromatic carbocycles. The molecule has 0 saturated carbocycles. The highest BCUT2D eigenvalue weighted by molar-refractivity contribution is 7.92. The standard InChI is InChI=1S/C18H14F3N3O3S/c1-27-15-6-3-12(4-7-15)17(25)13(9-22)10-24-28(2,26)16-8-5-14(11-23-16)18(19,20)21/h3-8,10-11H,1-2H3/b13-10+/t28-/m1/s1. The summed E-state index contributed by atoms with van der Waals surface area (Å²) in [5.74, 6) is -0.127. The number of aromatic nitrogens is 1. The maximum Gasteiger partial charge on any atom is 0.417 e. The van der Waals surface area contributed by atoms with Crippen molar-refractivity contribution in [2.75, 3.05) is 13.4 Å². The fourth-order valence-corrected chi connectivity index (χ4v) is 3.00. The monoisotopic (exact) mass is 409 g/mol. The Labute approximate surface area is 159 Å². The second-order valence-electron chi connectivity index (χ2n) is 5.50. The number of carbonyl (C=O) groups excluding carboxylic acids is 1. The lowest BCUT2D eigenvalue weighted by Crippen LogP contribution is -2.08. The maximum atomic E-state index is 12.6. The number of ketones is 1. The zero-order valence-corrected chi connectivity index (χ0v) is 15.5. The molecule has 1 aromatic heterocycles. The summed E-state index contributed by atoms with van der Waals surface area (Å²) in [5.41, 5.74) is -1.18. The van der Waals surface area contributed by atoms with E-state index >= 15 is 0 Å². The number of Topliss-reactive ketones (excluding diaryl/α,β-unsaturated/α-hetero) is 1. The van der Waals surface area contributed by atoms with Crippen LogP contribution in [0.2, 0.25) is 0 Å². The van der Waals surface area contributed by atoms with Gasteiger partial charge in [-0.15, -0.1) is 0 Å². The van der Waals surface area contributed by atoms with Crippen LogP contribution in [0.25, 0.3) is 0 Å². The number of hydrogen-bond donors (Lipinski definition) is 0. The van der Waals surface area contributed by atoms with Crippen molar-refractivity contribution in [1.29, 1.82) is 5.26 Å². The van der Waals surface area contributed by atoms with Crippen LogP contribution in [0.5, 0.6) is 5.75 Å². The molecule has 0 N–H and O–H groups in total. The van der Waals surface area contributed by atoms with Gasteiger partial charge < -0.3 is 4.74 Å². The van der Waals surface area contributed by atoms with Crippen molar-refractivity contribution in [2.24, 2.45) is 4.36 Å². The summed E-state index contributed by atoms with van der Waals surface area (Å²) < 4.78 is 59.1. The summed E-state index contributed by atoms with van der Waals surface area (Å²) in [6.45, 7) is 0. The summed E-state index contributed by atoms with van der Waals surface area (Å²) >= 11 is 0. The third-order valence-electron chi connectivity index (χ3n) is 3.55. The van der Waals surface area contributed by atoms with Crippen LogP contribution in [-0.4, -0.2) is 28.3 Å². The van der Waals surface area contributed by atoms with E-state index in [-0.39, 0.29) is 16.2 Å². The number of alkyl halides is 3. The zero-order chi connectivity index (χ0) is 20.9. The predicted octanol–water partition coefficient (Wildman–Crippen LogP) is 3.86. The van der Waals surface area contributed by atoms with Crippen LogP contribution < -0.4 is 4.74 Å². The van der Waals surface area contributed by atoms with Crippen LogP contribution in [0.15, 0.2) is 63.8 Å². The topological polar surface area (TPSA) is 92.4 Å². The van der Waals surface area contributed by atoms with Crippen molar-refractivity contribution in [3.63, 3.8) is 0 Å². The third-order valence-corrected chi connectivity index (χ3v) is 5.08. The Morgan fingerprint density at radius 1 is 1.25 bits per heavy atom. The molecule has 2 aromatic rings. The first-order valence-electron chi connectivity index (χ1n) is 7.62. The number of allylic oxidation sites excluding steroid dienone is 1. The Kier molecular flexibility index (Phi) is 6.20. The van der Waals surface area contributed by atoms with E-state index in [2.05, 4.69) is 9.35 Å². The molecular formula is C18H14F3N3O3S. The number of pyridine rings is 1. The SMILES string of the molecule is COc1ccc(C(=O)/C(C#N)=C/N=[S@](C)(=O)c2ccc(C(F)(F)F)cn2)cc1. The van der Waals surface area contributed by atoms with Gasteiger partial charge >= 0.3 is 6.18 Å². The summed E-state index contributed by atoms with van der Waals surface area (Å²) in [7, 11) is -1.80. The molecule has 0 saturated heterocycles. The van der Waals surface area contributed by atoms with Crippen LogP contribution in [0.4, 0.5) is 13.2 Å². The average molecular weight is 409 g/mol. The lowest BCUT2D eigenvalue weighted by Gasteiger charge is -2.07. The van der Waals surface area contributed by atoms with Gasteiger partial charge in [0.25, 0.3) is 0 Å². The molecule has 10 heteroatoms. The number of hydrogen-bond acceptors (Lipinski definition) is 6. The lowest BCUT2D eigenvalue weighted by molar-refractivity contribution is -0.137. The Morgan fingerprint density at radius 3 is 2.36 bits per heavy atom. The molecule has 6 nitrogen and oxygen atoms in total. The second kappa shape index (κ2) is 8.22. The van der Waals surface area contributed by atoms with E-state index in [0.717, 1.165) is 24.6 Å². The normalized spacial score (nSPS) is 13.9. The van der Waals surface area contributed by atoms with Crippen molar-refractivity contribution in [3.8, 4) is 11.8 Å². The number of carbonyl (C=O) groups is 1. The average Bonchev–Trinajstić information content (AvgIpc) is 2.67.